The number of ether oxygens (including phenoxy) is 1. The summed E-state index contributed by atoms with van der Waals surface area (Å²) in [5, 5.41) is 2.84. The first-order valence-electron chi connectivity index (χ1n) is 10.7. The van der Waals surface area contributed by atoms with E-state index in [-0.39, 0.29) is 23.1 Å². The number of hydrogen-bond acceptors (Lipinski definition) is 6. The number of amides is 1. The average molecular weight is 450 g/mol. The van der Waals surface area contributed by atoms with Gasteiger partial charge in [-0.3, -0.25) is 9.69 Å². The Hall–Kier alpha value is -2.36. The van der Waals surface area contributed by atoms with Crippen molar-refractivity contribution in [3.05, 3.63) is 42.4 Å². The van der Waals surface area contributed by atoms with E-state index >= 15 is 0 Å². The van der Waals surface area contributed by atoms with Gasteiger partial charge in [-0.2, -0.15) is 4.31 Å². The molecule has 8 nitrogen and oxygen atoms in total. The smallest absolute Gasteiger partial charge is 0.246 e. The van der Waals surface area contributed by atoms with Crippen molar-refractivity contribution in [1.29, 1.82) is 0 Å². The lowest BCUT2D eigenvalue weighted by Gasteiger charge is -2.22. The van der Waals surface area contributed by atoms with Gasteiger partial charge >= 0.3 is 0 Å². The van der Waals surface area contributed by atoms with Gasteiger partial charge in [0.15, 0.2) is 0 Å². The lowest BCUT2D eigenvalue weighted by molar-refractivity contribution is -0.117. The lowest BCUT2D eigenvalue weighted by atomic mass is 10.3. The minimum atomic E-state index is -3.74. The number of carbonyl (C=O) groups excluding carboxylic acids is 1. The number of nitrogens with one attached hydrogen (secondary N) is 1. The molecule has 1 aromatic carbocycles. The monoisotopic (exact) mass is 449 g/mol. The first kappa shape index (κ1) is 23.3. The van der Waals surface area contributed by atoms with E-state index in [1.807, 2.05) is 12.1 Å². The molecule has 1 aromatic heterocycles. The van der Waals surface area contributed by atoms with Crippen LogP contribution in [0.3, 0.4) is 0 Å². The molecule has 1 amide bonds. The molecule has 1 aliphatic rings. The first-order valence-corrected chi connectivity index (χ1v) is 12.2. The average Bonchev–Trinajstić information content (AvgIpc) is 3.46. The fourth-order valence-electron chi connectivity index (χ4n) is 3.51. The minimum Gasteiger partial charge on any atom is -0.492 e. The molecule has 1 heterocycles. The van der Waals surface area contributed by atoms with Crippen molar-refractivity contribution in [2.75, 3.05) is 31.6 Å². The van der Waals surface area contributed by atoms with Crippen LogP contribution in [0.2, 0.25) is 0 Å². The molecule has 1 saturated carbocycles. The fraction of sp³-hybridized carbons (Fsp3) is 0.500. The van der Waals surface area contributed by atoms with E-state index in [0.717, 1.165) is 18.6 Å². The molecule has 170 valence electrons. The van der Waals surface area contributed by atoms with E-state index in [0.29, 0.717) is 38.0 Å². The van der Waals surface area contributed by atoms with Gasteiger partial charge in [0.1, 0.15) is 16.4 Å². The minimum absolute atomic E-state index is 0.0606. The molecule has 2 aromatic rings. The van der Waals surface area contributed by atoms with Crippen molar-refractivity contribution >= 4 is 21.6 Å². The third kappa shape index (κ3) is 5.87. The Morgan fingerprint density at radius 1 is 1.19 bits per heavy atom. The Kier molecular flexibility index (Phi) is 7.74. The number of rotatable bonds is 12. The van der Waals surface area contributed by atoms with E-state index in [2.05, 4.69) is 10.2 Å². The van der Waals surface area contributed by atoms with Crippen LogP contribution in [0.5, 0.6) is 5.75 Å². The zero-order chi connectivity index (χ0) is 22.4. The fourth-order valence-corrected chi connectivity index (χ4v) is 5.12. The molecule has 3 rings (SSSR count). The molecule has 0 atom stereocenters. The van der Waals surface area contributed by atoms with E-state index in [1.54, 1.807) is 39.2 Å². The summed E-state index contributed by atoms with van der Waals surface area (Å²) in [5.74, 6) is 0.895. The molecular formula is C22H31N3O5S. The number of benzene rings is 1. The van der Waals surface area contributed by atoms with Crippen LogP contribution in [-0.4, -0.2) is 55.8 Å². The maximum Gasteiger partial charge on any atom is 0.246 e. The summed E-state index contributed by atoms with van der Waals surface area (Å²) >= 11 is 0. The highest BCUT2D eigenvalue weighted by molar-refractivity contribution is 7.89. The van der Waals surface area contributed by atoms with E-state index in [4.69, 9.17) is 9.15 Å². The second kappa shape index (κ2) is 10.3. The zero-order valence-electron chi connectivity index (χ0n) is 18.3. The molecule has 1 aliphatic carbocycles. The first-order chi connectivity index (χ1) is 14.9. The van der Waals surface area contributed by atoms with Crippen LogP contribution in [0.25, 0.3) is 0 Å². The van der Waals surface area contributed by atoms with Gasteiger partial charge in [-0.15, -0.1) is 0 Å². The molecule has 1 N–H and O–H groups in total. The second-order valence-electron chi connectivity index (χ2n) is 7.45. The molecule has 9 heteroatoms. The van der Waals surface area contributed by atoms with Crippen LogP contribution in [0.1, 0.15) is 39.4 Å². The summed E-state index contributed by atoms with van der Waals surface area (Å²) in [6.07, 6.45) is 3.74. The van der Waals surface area contributed by atoms with Gasteiger partial charge in [-0.05, 0) is 50.1 Å². The van der Waals surface area contributed by atoms with Crippen molar-refractivity contribution in [3.63, 3.8) is 0 Å². The molecule has 0 radical (unpaired) electrons. The van der Waals surface area contributed by atoms with Crippen LogP contribution in [-0.2, 0) is 21.4 Å². The highest BCUT2D eigenvalue weighted by Gasteiger charge is 2.31. The summed E-state index contributed by atoms with van der Waals surface area (Å²) in [5.41, 5.74) is 0.424. The predicted octanol–water partition coefficient (Wildman–Crippen LogP) is 3.31. The van der Waals surface area contributed by atoms with Crippen LogP contribution in [0.4, 0.5) is 5.69 Å². The van der Waals surface area contributed by atoms with Gasteiger partial charge in [0.2, 0.25) is 15.9 Å². The molecule has 1 fully saturated rings. The molecule has 0 bridgehead atoms. The van der Waals surface area contributed by atoms with Crippen molar-refractivity contribution in [3.8, 4) is 5.75 Å². The van der Waals surface area contributed by atoms with Gasteiger partial charge in [-0.1, -0.05) is 13.8 Å². The molecule has 0 spiro atoms. The Bertz CT molecular complexity index is 967. The van der Waals surface area contributed by atoms with E-state index in [9.17, 15) is 13.2 Å². The van der Waals surface area contributed by atoms with Gasteiger partial charge in [0, 0.05) is 24.8 Å². The molecule has 31 heavy (non-hydrogen) atoms. The molecule has 0 unspecified atom stereocenters. The number of furan rings is 1. The number of anilines is 1. The highest BCUT2D eigenvalue weighted by atomic mass is 32.2. The molecule has 0 aliphatic heterocycles. The number of nitrogens with zero attached hydrogens (tertiary/aromatic N) is 2. The van der Waals surface area contributed by atoms with Crippen molar-refractivity contribution in [1.82, 2.24) is 9.21 Å². The van der Waals surface area contributed by atoms with Crippen LogP contribution < -0.4 is 10.1 Å². The summed E-state index contributed by atoms with van der Waals surface area (Å²) in [6.45, 7) is 7.20. The number of sulfonamides is 1. The maximum atomic E-state index is 13.1. The Morgan fingerprint density at radius 3 is 2.52 bits per heavy atom. The Balaban J connectivity index is 1.76. The molecular weight excluding hydrogens is 418 g/mol. The van der Waals surface area contributed by atoms with Gasteiger partial charge in [-0.25, -0.2) is 8.42 Å². The van der Waals surface area contributed by atoms with Crippen molar-refractivity contribution < 1.29 is 22.4 Å². The largest absolute Gasteiger partial charge is 0.492 e. The van der Waals surface area contributed by atoms with Crippen molar-refractivity contribution in [2.45, 2.75) is 51.1 Å². The zero-order valence-corrected chi connectivity index (χ0v) is 19.2. The third-order valence-corrected chi connectivity index (χ3v) is 7.27. The number of carbonyl (C=O) groups is 1. The van der Waals surface area contributed by atoms with Crippen LogP contribution in [0.15, 0.2) is 45.9 Å². The second-order valence-corrected chi connectivity index (χ2v) is 9.35. The lowest BCUT2D eigenvalue weighted by Crippen LogP contribution is -2.34. The Labute approximate surface area is 184 Å². The summed E-state index contributed by atoms with van der Waals surface area (Å²) in [6, 6.07) is 8.83. The van der Waals surface area contributed by atoms with Gasteiger partial charge in [0.05, 0.1) is 26.0 Å². The maximum absolute atomic E-state index is 13.1. The summed E-state index contributed by atoms with van der Waals surface area (Å²) in [7, 11) is -3.74. The SMILES string of the molecule is CCOc1ccc(NC(=O)CN(Cc2ccco2)C2CC2)cc1S(=O)(=O)N(CC)CC. The Morgan fingerprint density at radius 2 is 1.94 bits per heavy atom. The quantitative estimate of drug-likeness (QED) is 0.534. The molecule has 0 saturated heterocycles. The standard InChI is InChI=1S/C22H31N3O5S/c1-4-25(5-2)31(27,28)21-14-17(9-12-20(21)29-6-3)23-22(26)16-24(18-10-11-18)15-19-8-7-13-30-19/h7-9,12-14,18H,4-6,10-11,15-16H2,1-3H3,(H,23,26). The van der Waals surface area contributed by atoms with Crippen LogP contribution >= 0.6 is 0 Å². The highest BCUT2D eigenvalue weighted by Crippen LogP contribution is 2.31. The number of hydrogen-bond donors (Lipinski definition) is 1. The summed E-state index contributed by atoms with van der Waals surface area (Å²) in [4.78, 5) is 14.9. The normalized spacial score (nSPS) is 14.2. The van der Waals surface area contributed by atoms with Gasteiger partial charge < -0.3 is 14.5 Å². The van der Waals surface area contributed by atoms with E-state index < -0.39 is 10.0 Å². The van der Waals surface area contributed by atoms with Crippen molar-refractivity contribution in [2.24, 2.45) is 0 Å². The summed E-state index contributed by atoms with van der Waals surface area (Å²) < 4.78 is 38.5. The van der Waals surface area contributed by atoms with Gasteiger partial charge in [0.25, 0.3) is 0 Å². The van der Waals surface area contributed by atoms with E-state index in [1.165, 1.54) is 10.4 Å². The van der Waals surface area contributed by atoms with Crippen LogP contribution in [0, 0.1) is 0 Å². The third-order valence-electron chi connectivity index (χ3n) is 5.20. The predicted molar refractivity (Wildman–Crippen MR) is 118 cm³/mol. The topological polar surface area (TPSA) is 92.1 Å².